The molecule has 2 nitrogen and oxygen atoms in total. The normalized spacial score (nSPS) is 12.6. The summed E-state index contributed by atoms with van der Waals surface area (Å²) in [5, 5.41) is 1.02. The van der Waals surface area contributed by atoms with Crippen LogP contribution in [-0.4, -0.2) is 10.8 Å². The lowest BCUT2D eigenvalue weighted by molar-refractivity contribution is 0.0927. The second-order valence-electron chi connectivity index (χ2n) is 4.08. The number of carbonyl (C=O) groups excluding carboxylic acids is 1. The molecule has 2 aromatic rings. The molecular weight excluding hydrogens is 198 g/mol. The standard InChI is InChI=1S/C14H15NO/c1-3-10(2)14(16)12-6-7-13-11(9-12)5-4-8-15-13/h4-10H,3H2,1-2H3/t10-/m1/s1. The Morgan fingerprint density at radius 2 is 2.19 bits per heavy atom. The molecule has 1 atom stereocenters. The monoisotopic (exact) mass is 213 g/mol. The Kier molecular flexibility index (Phi) is 3.00. The molecule has 0 amide bonds. The van der Waals surface area contributed by atoms with E-state index in [0.29, 0.717) is 0 Å². The molecule has 1 aromatic carbocycles. The van der Waals surface area contributed by atoms with Gasteiger partial charge in [-0.05, 0) is 30.7 Å². The van der Waals surface area contributed by atoms with E-state index in [2.05, 4.69) is 4.98 Å². The zero-order chi connectivity index (χ0) is 11.5. The Hall–Kier alpha value is -1.70. The number of fused-ring (bicyclic) bond motifs is 1. The maximum Gasteiger partial charge on any atom is 0.165 e. The number of hydrogen-bond acceptors (Lipinski definition) is 2. The van der Waals surface area contributed by atoms with Gasteiger partial charge in [0.25, 0.3) is 0 Å². The van der Waals surface area contributed by atoms with E-state index >= 15 is 0 Å². The van der Waals surface area contributed by atoms with Crippen LogP contribution >= 0.6 is 0 Å². The molecule has 0 unspecified atom stereocenters. The van der Waals surface area contributed by atoms with E-state index in [4.69, 9.17) is 0 Å². The summed E-state index contributed by atoms with van der Waals surface area (Å²) < 4.78 is 0. The summed E-state index contributed by atoms with van der Waals surface area (Å²) in [6.07, 6.45) is 2.64. The number of benzene rings is 1. The van der Waals surface area contributed by atoms with Crippen molar-refractivity contribution in [3.05, 3.63) is 42.1 Å². The number of ketones is 1. The highest BCUT2D eigenvalue weighted by Gasteiger charge is 2.13. The summed E-state index contributed by atoms with van der Waals surface area (Å²) in [5.74, 6) is 0.308. The van der Waals surface area contributed by atoms with E-state index < -0.39 is 0 Å². The quantitative estimate of drug-likeness (QED) is 0.731. The minimum Gasteiger partial charge on any atom is -0.294 e. The molecule has 0 bridgehead atoms. The predicted molar refractivity (Wildman–Crippen MR) is 65.5 cm³/mol. The molecule has 1 heterocycles. The molecule has 2 rings (SSSR count). The van der Waals surface area contributed by atoms with Crippen LogP contribution in [0.5, 0.6) is 0 Å². The number of pyridine rings is 1. The number of aromatic nitrogens is 1. The van der Waals surface area contributed by atoms with Gasteiger partial charge in [0, 0.05) is 23.1 Å². The van der Waals surface area contributed by atoms with E-state index in [0.717, 1.165) is 22.9 Å². The average Bonchev–Trinajstić information content (AvgIpc) is 2.36. The molecule has 0 fully saturated rings. The summed E-state index contributed by atoms with van der Waals surface area (Å²) in [6, 6.07) is 9.57. The third-order valence-electron chi connectivity index (χ3n) is 2.95. The van der Waals surface area contributed by atoms with Crippen molar-refractivity contribution in [2.75, 3.05) is 0 Å². The van der Waals surface area contributed by atoms with E-state index in [1.165, 1.54) is 0 Å². The highest BCUT2D eigenvalue weighted by atomic mass is 16.1. The number of hydrogen-bond donors (Lipinski definition) is 0. The van der Waals surface area contributed by atoms with Crippen molar-refractivity contribution in [1.29, 1.82) is 0 Å². The maximum atomic E-state index is 12.0. The Bertz CT molecular complexity index is 519. The molecule has 0 aliphatic carbocycles. The fourth-order valence-corrected chi connectivity index (χ4v) is 1.70. The molecule has 82 valence electrons. The molecule has 0 radical (unpaired) electrons. The molecular formula is C14H15NO. The van der Waals surface area contributed by atoms with Crippen molar-refractivity contribution < 1.29 is 4.79 Å². The summed E-state index contributed by atoms with van der Waals surface area (Å²) in [5.41, 5.74) is 1.72. The molecule has 0 saturated carbocycles. The Labute approximate surface area is 95.3 Å². The summed E-state index contributed by atoms with van der Waals surface area (Å²) in [7, 11) is 0. The molecule has 2 heteroatoms. The summed E-state index contributed by atoms with van der Waals surface area (Å²) in [6.45, 7) is 4.00. The number of nitrogens with zero attached hydrogens (tertiary/aromatic N) is 1. The number of rotatable bonds is 3. The van der Waals surface area contributed by atoms with Crippen molar-refractivity contribution in [3.63, 3.8) is 0 Å². The van der Waals surface area contributed by atoms with Gasteiger partial charge in [0.05, 0.1) is 5.52 Å². The van der Waals surface area contributed by atoms with Gasteiger partial charge in [-0.15, -0.1) is 0 Å². The largest absolute Gasteiger partial charge is 0.294 e. The first-order valence-corrected chi connectivity index (χ1v) is 5.61. The smallest absolute Gasteiger partial charge is 0.165 e. The maximum absolute atomic E-state index is 12.0. The lowest BCUT2D eigenvalue weighted by Gasteiger charge is -2.07. The van der Waals surface area contributed by atoms with Gasteiger partial charge in [0.2, 0.25) is 0 Å². The second kappa shape index (κ2) is 4.44. The van der Waals surface area contributed by atoms with Crippen molar-refractivity contribution in [1.82, 2.24) is 4.98 Å². The Morgan fingerprint density at radius 3 is 2.94 bits per heavy atom. The lowest BCUT2D eigenvalue weighted by Crippen LogP contribution is -2.09. The van der Waals surface area contributed by atoms with Crippen molar-refractivity contribution >= 4 is 16.7 Å². The molecule has 0 aliphatic heterocycles. The van der Waals surface area contributed by atoms with Crippen molar-refractivity contribution in [2.24, 2.45) is 5.92 Å². The molecule has 1 aromatic heterocycles. The van der Waals surface area contributed by atoms with Gasteiger partial charge in [0.1, 0.15) is 0 Å². The molecule has 0 N–H and O–H groups in total. The fraction of sp³-hybridized carbons (Fsp3) is 0.286. The highest BCUT2D eigenvalue weighted by Crippen LogP contribution is 2.17. The third-order valence-corrected chi connectivity index (χ3v) is 2.95. The van der Waals surface area contributed by atoms with Gasteiger partial charge in [0.15, 0.2) is 5.78 Å². The van der Waals surface area contributed by atoms with Crippen LogP contribution in [0.1, 0.15) is 30.6 Å². The second-order valence-corrected chi connectivity index (χ2v) is 4.08. The number of Topliss-reactive ketones (excluding diaryl/α,β-unsaturated/α-hetero) is 1. The lowest BCUT2D eigenvalue weighted by atomic mass is 9.96. The molecule has 0 spiro atoms. The SMILES string of the molecule is CC[C@@H](C)C(=O)c1ccc2ncccc2c1. The summed E-state index contributed by atoms with van der Waals surface area (Å²) >= 11 is 0. The van der Waals surface area contributed by atoms with Crippen molar-refractivity contribution in [2.45, 2.75) is 20.3 Å². The molecule has 0 saturated heterocycles. The van der Waals surface area contributed by atoms with Crippen LogP contribution in [0.2, 0.25) is 0 Å². The Morgan fingerprint density at radius 1 is 1.38 bits per heavy atom. The van der Waals surface area contributed by atoms with Gasteiger partial charge in [-0.3, -0.25) is 9.78 Å². The van der Waals surface area contributed by atoms with Gasteiger partial charge in [-0.1, -0.05) is 19.9 Å². The van der Waals surface area contributed by atoms with Crippen LogP contribution in [0.25, 0.3) is 10.9 Å². The van der Waals surface area contributed by atoms with Gasteiger partial charge >= 0.3 is 0 Å². The first kappa shape index (κ1) is 10.8. The predicted octanol–water partition coefficient (Wildman–Crippen LogP) is 3.46. The van der Waals surface area contributed by atoms with E-state index in [9.17, 15) is 4.79 Å². The number of carbonyl (C=O) groups is 1. The van der Waals surface area contributed by atoms with E-state index in [1.807, 2.05) is 44.2 Å². The molecule has 16 heavy (non-hydrogen) atoms. The van der Waals surface area contributed by atoms with Crippen LogP contribution in [0.4, 0.5) is 0 Å². The van der Waals surface area contributed by atoms with Crippen LogP contribution in [0.15, 0.2) is 36.5 Å². The average molecular weight is 213 g/mol. The first-order chi connectivity index (χ1) is 7.72. The van der Waals surface area contributed by atoms with Crippen molar-refractivity contribution in [3.8, 4) is 0 Å². The zero-order valence-electron chi connectivity index (χ0n) is 9.60. The molecule has 0 aliphatic rings. The highest BCUT2D eigenvalue weighted by molar-refractivity contribution is 6.00. The minimum atomic E-state index is 0.0918. The van der Waals surface area contributed by atoms with Crippen LogP contribution in [0.3, 0.4) is 0 Å². The van der Waals surface area contributed by atoms with Gasteiger partial charge in [-0.2, -0.15) is 0 Å². The minimum absolute atomic E-state index is 0.0918. The van der Waals surface area contributed by atoms with Crippen LogP contribution in [-0.2, 0) is 0 Å². The Balaban J connectivity index is 2.43. The fourth-order valence-electron chi connectivity index (χ4n) is 1.70. The van der Waals surface area contributed by atoms with E-state index in [1.54, 1.807) is 6.20 Å². The van der Waals surface area contributed by atoms with Gasteiger partial charge < -0.3 is 0 Å². The van der Waals surface area contributed by atoms with Gasteiger partial charge in [-0.25, -0.2) is 0 Å². The van der Waals surface area contributed by atoms with Crippen LogP contribution in [0, 0.1) is 5.92 Å². The first-order valence-electron chi connectivity index (χ1n) is 5.61. The third kappa shape index (κ3) is 1.96. The summed E-state index contributed by atoms with van der Waals surface area (Å²) in [4.78, 5) is 16.2. The zero-order valence-corrected chi connectivity index (χ0v) is 9.60. The van der Waals surface area contributed by atoms with E-state index in [-0.39, 0.29) is 11.7 Å². The topological polar surface area (TPSA) is 30.0 Å². The van der Waals surface area contributed by atoms with Crippen LogP contribution < -0.4 is 0 Å².